The van der Waals surface area contributed by atoms with E-state index in [4.69, 9.17) is 16.3 Å². The van der Waals surface area contributed by atoms with Crippen molar-refractivity contribution in [2.45, 2.75) is 13.1 Å². The van der Waals surface area contributed by atoms with Crippen LogP contribution in [0.25, 0.3) is 0 Å². The second-order valence-corrected chi connectivity index (χ2v) is 5.18. The van der Waals surface area contributed by atoms with Crippen molar-refractivity contribution in [1.29, 1.82) is 0 Å². The van der Waals surface area contributed by atoms with Crippen molar-refractivity contribution < 1.29 is 9.53 Å². The topological polar surface area (TPSA) is 32.8 Å². The number of carbonyl (C=O) groups excluding carboxylic acids is 1. The smallest absolute Gasteiger partial charge is 0.338 e. The number of carbonyl (C=O) groups is 1. The van der Waals surface area contributed by atoms with Gasteiger partial charge in [-0.1, -0.05) is 23.7 Å². The Morgan fingerprint density at radius 3 is 2.60 bits per heavy atom. The molecule has 0 fully saturated rings. The number of likely N-dealkylation sites (N-methyl/N-ethyl adjacent to an activating group) is 1. The first-order valence-corrected chi connectivity index (χ1v) is 6.98. The minimum absolute atomic E-state index is 0.0729. The van der Waals surface area contributed by atoms with Crippen molar-refractivity contribution in [3.63, 3.8) is 0 Å². The molecular weight excluding hydrogens is 276 g/mol. The van der Waals surface area contributed by atoms with Gasteiger partial charge in [0.25, 0.3) is 0 Å². The molecule has 0 saturated heterocycles. The first kappa shape index (κ1) is 14.9. The van der Waals surface area contributed by atoms with Gasteiger partial charge in [0, 0.05) is 13.6 Å². The molecule has 1 aromatic rings. The van der Waals surface area contributed by atoms with Crippen molar-refractivity contribution in [2.24, 2.45) is 0 Å². The Morgan fingerprint density at radius 2 is 2.00 bits per heavy atom. The molecule has 0 radical (unpaired) electrons. The standard InChI is InChI=1S/C15H19ClN2O2/c1-4-20-15(19)12-7-5-11(6-8-12)14-17(2)10-9-13(16)18(14)3/h5-9,14H,4,10H2,1-3H3. The van der Waals surface area contributed by atoms with Crippen molar-refractivity contribution in [3.8, 4) is 0 Å². The number of hydrogen-bond donors (Lipinski definition) is 0. The van der Waals surface area contributed by atoms with Gasteiger partial charge in [0.15, 0.2) is 0 Å². The predicted octanol–water partition coefficient (Wildman–Crippen LogP) is 2.82. The van der Waals surface area contributed by atoms with Crippen molar-refractivity contribution >= 4 is 17.6 Å². The van der Waals surface area contributed by atoms with Crippen LogP contribution in [-0.4, -0.2) is 43.0 Å². The Kier molecular flexibility index (Phi) is 4.68. The highest BCUT2D eigenvalue weighted by atomic mass is 35.5. The Bertz CT molecular complexity index is 513. The summed E-state index contributed by atoms with van der Waals surface area (Å²) in [6.45, 7) is 2.98. The first-order valence-electron chi connectivity index (χ1n) is 6.60. The van der Waals surface area contributed by atoms with E-state index in [9.17, 15) is 4.79 Å². The molecule has 0 aliphatic carbocycles. The molecule has 1 heterocycles. The number of ether oxygens (including phenoxy) is 1. The summed E-state index contributed by atoms with van der Waals surface area (Å²) in [5, 5.41) is 0.738. The van der Waals surface area contributed by atoms with Crippen LogP contribution in [0, 0.1) is 0 Å². The molecule has 0 spiro atoms. The van der Waals surface area contributed by atoms with Crippen LogP contribution in [0.1, 0.15) is 29.0 Å². The van der Waals surface area contributed by atoms with E-state index in [1.165, 1.54) is 0 Å². The average molecular weight is 295 g/mol. The van der Waals surface area contributed by atoms with E-state index in [1.807, 2.05) is 37.2 Å². The molecule has 0 saturated carbocycles. The fraction of sp³-hybridized carbons (Fsp3) is 0.400. The van der Waals surface area contributed by atoms with E-state index >= 15 is 0 Å². The summed E-state index contributed by atoms with van der Waals surface area (Å²) in [6.07, 6.45) is 2.05. The van der Waals surface area contributed by atoms with Crippen molar-refractivity contribution in [2.75, 3.05) is 27.2 Å². The highest BCUT2D eigenvalue weighted by Crippen LogP contribution is 2.30. The second-order valence-electron chi connectivity index (χ2n) is 4.79. The molecule has 108 valence electrons. The fourth-order valence-corrected chi connectivity index (χ4v) is 2.52. The summed E-state index contributed by atoms with van der Waals surface area (Å²) < 4.78 is 4.98. The van der Waals surface area contributed by atoms with E-state index in [0.717, 1.165) is 17.3 Å². The van der Waals surface area contributed by atoms with E-state index in [2.05, 4.69) is 4.90 Å². The van der Waals surface area contributed by atoms with Crippen molar-refractivity contribution in [1.82, 2.24) is 9.80 Å². The molecule has 1 aromatic carbocycles. The van der Waals surface area contributed by atoms with Crippen LogP contribution in [0.3, 0.4) is 0 Å². The third-order valence-electron chi connectivity index (χ3n) is 3.39. The van der Waals surface area contributed by atoms with Crippen LogP contribution >= 0.6 is 11.6 Å². The molecule has 0 aromatic heterocycles. The molecule has 20 heavy (non-hydrogen) atoms. The summed E-state index contributed by atoms with van der Waals surface area (Å²) in [5.74, 6) is -0.290. The number of hydrogen-bond acceptors (Lipinski definition) is 4. The lowest BCUT2D eigenvalue weighted by molar-refractivity contribution is 0.0526. The fourth-order valence-electron chi connectivity index (χ4n) is 2.36. The minimum Gasteiger partial charge on any atom is -0.462 e. The van der Waals surface area contributed by atoms with Crippen LogP contribution in [-0.2, 0) is 4.74 Å². The van der Waals surface area contributed by atoms with Crippen LogP contribution < -0.4 is 0 Å². The van der Waals surface area contributed by atoms with Crippen LogP contribution in [0.4, 0.5) is 0 Å². The summed E-state index contributed by atoms with van der Waals surface area (Å²) in [5.41, 5.74) is 1.66. The monoisotopic (exact) mass is 294 g/mol. The van der Waals surface area contributed by atoms with Gasteiger partial charge in [-0.25, -0.2) is 4.79 Å². The zero-order valence-corrected chi connectivity index (χ0v) is 12.7. The third kappa shape index (κ3) is 2.97. The Morgan fingerprint density at radius 1 is 1.35 bits per heavy atom. The molecule has 5 heteroatoms. The number of rotatable bonds is 3. The maximum atomic E-state index is 11.6. The zero-order valence-electron chi connectivity index (χ0n) is 12.0. The van der Waals surface area contributed by atoms with Gasteiger partial charge in [0.05, 0.1) is 12.2 Å². The molecule has 1 aliphatic heterocycles. The number of benzene rings is 1. The maximum Gasteiger partial charge on any atom is 0.338 e. The van der Waals surface area contributed by atoms with Gasteiger partial charge in [-0.05, 0) is 37.7 Å². The second kappa shape index (κ2) is 6.29. The van der Waals surface area contributed by atoms with Gasteiger partial charge < -0.3 is 9.64 Å². The zero-order chi connectivity index (χ0) is 14.7. The number of halogens is 1. The average Bonchev–Trinajstić information content (AvgIpc) is 2.44. The van der Waals surface area contributed by atoms with Crippen LogP contribution in [0.2, 0.25) is 0 Å². The molecular formula is C15H19ClN2O2. The molecule has 2 rings (SSSR count). The molecule has 4 nitrogen and oxygen atoms in total. The normalized spacial score (nSPS) is 19.7. The molecule has 0 bridgehead atoms. The summed E-state index contributed by atoms with van der Waals surface area (Å²) in [6, 6.07) is 7.47. The van der Waals surface area contributed by atoms with Crippen LogP contribution in [0.5, 0.6) is 0 Å². The summed E-state index contributed by atoms with van der Waals surface area (Å²) >= 11 is 6.19. The lowest BCUT2D eigenvalue weighted by Gasteiger charge is -2.39. The number of nitrogens with zero attached hydrogens (tertiary/aromatic N) is 2. The quantitative estimate of drug-likeness (QED) is 0.634. The Hall–Kier alpha value is -1.52. The van der Waals surface area contributed by atoms with E-state index in [-0.39, 0.29) is 12.1 Å². The Balaban J connectivity index is 2.21. The minimum atomic E-state index is -0.290. The van der Waals surface area contributed by atoms with E-state index < -0.39 is 0 Å². The lowest BCUT2D eigenvalue weighted by atomic mass is 10.1. The van der Waals surface area contributed by atoms with Gasteiger partial charge in [0.2, 0.25) is 0 Å². The summed E-state index contributed by atoms with van der Waals surface area (Å²) in [4.78, 5) is 15.8. The maximum absolute atomic E-state index is 11.6. The first-order chi connectivity index (χ1) is 9.54. The van der Waals surface area contributed by atoms with E-state index in [0.29, 0.717) is 12.2 Å². The third-order valence-corrected chi connectivity index (χ3v) is 3.81. The molecule has 1 unspecified atom stereocenters. The van der Waals surface area contributed by atoms with Gasteiger partial charge in [-0.3, -0.25) is 4.90 Å². The van der Waals surface area contributed by atoms with E-state index in [1.54, 1.807) is 19.1 Å². The van der Waals surface area contributed by atoms with Crippen LogP contribution in [0.15, 0.2) is 35.5 Å². The number of esters is 1. The molecule has 1 aliphatic rings. The predicted molar refractivity (Wildman–Crippen MR) is 79.5 cm³/mol. The van der Waals surface area contributed by atoms with Gasteiger partial charge >= 0.3 is 5.97 Å². The van der Waals surface area contributed by atoms with Gasteiger partial charge in [-0.2, -0.15) is 0 Å². The summed E-state index contributed by atoms with van der Waals surface area (Å²) in [7, 11) is 4.00. The highest BCUT2D eigenvalue weighted by molar-refractivity contribution is 6.29. The highest BCUT2D eigenvalue weighted by Gasteiger charge is 2.26. The van der Waals surface area contributed by atoms with Gasteiger partial charge in [0.1, 0.15) is 11.3 Å². The molecule has 0 amide bonds. The lowest BCUT2D eigenvalue weighted by Crippen LogP contribution is -2.39. The van der Waals surface area contributed by atoms with Gasteiger partial charge in [-0.15, -0.1) is 0 Å². The van der Waals surface area contributed by atoms with Crippen molar-refractivity contribution in [3.05, 3.63) is 46.6 Å². The SMILES string of the molecule is CCOC(=O)c1ccc(C2N(C)CC=C(Cl)N2C)cc1. The Labute approximate surface area is 124 Å². The largest absolute Gasteiger partial charge is 0.462 e. The molecule has 1 atom stereocenters. The molecule has 0 N–H and O–H groups in total.